The van der Waals surface area contributed by atoms with Gasteiger partial charge >= 0.3 is 6.03 Å². The van der Waals surface area contributed by atoms with Gasteiger partial charge in [0, 0.05) is 54.6 Å². The van der Waals surface area contributed by atoms with Crippen molar-refractivity contribution in [2.45, 2.75) is 28.9 Å². The van der Waals surface area contributed by atoms with Crippen LogP contribution in [0.3, 0.4) is 0 Å². The van der Waals surface area contributed by atoms with E-state index in [9.17, 15) is 23.3 Å². The molecule has 1 aliphatic rings. The minimum absolute atomic E-state index is 0.131. The smallest absolute Gasteiger partial charge is 0.331 e. The highest BCUT2D eigenvalue weighted by Crippen LogP contribution is 2.30. The summed E-state index contributed by atoms with van der Waals surface area (Å²) in [5, 5.41) is 15.4. The fraction of sp³-hybridized carbons (Fsp3) is 0.306. The standard InChI is InChI=1S/C36H42N6O6S2/c1-39(2)20-19-29(27-49-32-11-7-4-8-12-32)37-34-18-17-33(25-35(34)42(44)45)50(46,47)38-36(43)41-23-21-40(22-24-41)30-13-15-31(16-14-30)48-26-28-9-5-3-6-10-28/h3-18,25,29,37H,19-24,26-27H2,1-2H3,(H,38,43)/t29-/m1/s1. The van der Waals surface area contributed by atoms with Crippen LogP contribution in [0.25, 0.3) is 0 Å². The number of nitrogens with zero attached hydrogens (tertiary/aromatic N) is 4. The van der Waals surface area contributed by atoms with Gasteiger partial charge in [0.2, 0.25) is 0 Å². The number of urea groups is 1. The number of anilines is 2. The molecule has 12 nitrogen and oxygen atoms in total. The summed E-state index contributed by atoms with van der Waals surface area (Å²) in [6.45, 7) is 2.82. The second kappa shape index (κ2) is 17.2. The van der Waals surface area contributed by atoms with Crippen molar-refractivity contribution in [2.24, 2.45) is 0 Å². The van der Waals surface area contributed by atoms with Crippen LogP contribution in [0.15, 0.2) is 113 Å². The van der Waals surface area contributed by atoms with Gasteiger partial charge in [-0.1, -0.05) is 48.5 Å². The predicted molar refractivity (Wildman–Crippen MR) is 198 cm³/mol. The average Bonchev–Trinajstić information content (AvgIpc) is 3.12. The first-order valence-corrected chi connectivity index (χ1v) is 18.8. The van der Waals surface area contributed by atoms with Crippen LogP contribution in [0.5, 0.6) is 5.75 Å². The van der Waals surface area contributed by atoms with Crippen LogP contribution in [0.1, 0.15) is 12.0 Å². The summed E-state index contributed by atoms with van der Waals surface area (Å²) in [4.78, 5) is 30.8. The Kier molecular flexibility index (Phi) is 12.6. The lowest BCUT2D eigenvalue weighted by molar-refractivity contribution is -0.384. The number of piperazine rings is 1. The van der Waals surface area contributed by atoms with Gasteiger partial charge in [-0.05, 0) is 81.2 Å². The molecule has 0 saturated carbocycles. The van der Waals surface area contributed by atoms with Gasteiger partial charge in [-0.3, -0.25) is 10.1 Å². The number of benzene rings is 4. The van der Waals surface area contributed by atoms with E-state index in [-0.39, 0.29) is 22.3 Å². The third-order valence-electron chi connectivity index (χ3n) is 8.19. The maximum absolute atomic E-state index is 13.3. The van der Waals surface area contributed by atoms with Crippen LogP contribution in [0.2, 0.25) is 0 Å². The Morgan fingerprint density at radius 1 is 0.940 bits per heavy atom. The second-order valence-corrected chi connectivity index (χ2v) is 14.9. The molecule has 0 spiro atoms. The molecule has 5 rings (SSSR count). The summed E-state index contributed by atoms with van der Waals surface area (Å²) in [6, 6.07) is 30.2. The Bertz CT molecular complexity index is 1820. The van der Waals surface area contributed by atoms with Gasteiger partial charge in [0.1, 0.15) is 18.0 Å². The zero-order valence-electron chi connectivity index (χ0n) is 28.1. The third-order valence-corrected chi connectivity index (χ3v) is 10.7. The molecule has 14 heteroatoms. The van der Waals surface area contributed by atoms with Crippen molar-refractivity contribution in [3.05, 3.63) is 119 Å². The molecule has 50 heavy (non-hydrogen) atoms. The number of hydrogen-bond donors (Lipinski definition) is 2. The van der Waals surface area contributed by atoms with Gasteiger partial charge in [-0.15, -0.1) is 11.8 Å². The van der Waals surface area contributed by atoms with Crippen molar-refractivity contribution in [3.8, 4) is 5.75 Å². The summed E-state index contributed by atoms with van der Waals surface area (Å²) in [7, 11) is -0.469. The molecule has 1 saturated heterocycles. The predicted octanol–water partition coefficient (Wildman–Crippen LogP) is 5.92. The lowest BCUT2D eigenvalue weighted by Gasteiger charge is -2.36. The number of sulfonamides is 1. The quantitative estimate of drug-likeness (QED) is 0.0866. The van der Waals surface area contributed by atoms with Gasteiger partial charge in [-0.25, -0.2) is 17.9 Å². The fourth-order valence-electron chi connectivity index (χ4n) is 5.40. The van der Waals surface area contributed by atoms with E-state index in [0.717, 1.165) is 34.5 Å². The molecule has 0 bridgehead atoms. The molecule has 0 aliphatic carbocycles. The Balaban J connectivity index is 1.17. The number of hydrogen-bond acceptors (Lipinski definition) is 10. The lowest BCUT2D eigenvalue weighted by atomic mass is 10.2. The highest BCUT2D eigenvalue weighted by molar-refractivity contribution is 7.99. The average molecular weight is 719 g/mol. The van der Waals surface area contributed by atoms with E-state index in [0.29, 0.717) is 45.0 Å². The van der Waals surface area contributed by atoms with Crippen LogP contribution in [-0.4, -0.2) is 87.8 Å². The molecule has 1 heterocycles. The molecule has 2 amide bonds. The molecule has 1 atom stereocenters. The summed E-state index contributed by atoms with van der Waals surface area (Å²) < 4.78 is 34.5. The van der Waals surface area contributed by atoms with E-state index in [4.69, 9.17) is 4.74 Å². The van der Waals surface area contributed by atoms with Gasteiger partial charge in [0.05, 0.1) is 9.82 Å². The fourth-order valence-corrected chi connectivity index (χ4v) is 7.38. The van der Waals surface area contributed by atoms with Crippen LogP contribution in [0, 0.1) is 10.1 Å². The Labute approximate surface area is 297 Å². The highest BCUT2D eigenvalue weighted by Gasteiger charge is 2.28. The first-order chi connectivity index (χ1) is 24.1. The van der Waals surface area contributed by atoms with E-state index in [1.807, 2.05) is 104 Å². The number of nitro groups is 1. The normalized spacial score (nSPS) is 13.9. The minimum Gasteiger partial charge on any atom is -0.489 e. The molecule has 0 unspecified atom stereocenters. The van der Waals surface area contributed by atoms with Gasteiger partial charge in [-0.2, -0.15) is 0 Å². The molecule has 0 aromatic heterocycles. The molecular formula is C36H42N6O6S2. The van der Waals surface area contributed by atoms with E-state index in [2.05, 4.69) is 14.9 Å². The molecule has 4 aromatic rings. The van der Waals surface area contributed by atoms with Gasteiger partial charge in [0.25, 0.3) is 15.7 Å². The van der Waals surface area contributed by atoms with Crippen LogP contribution in [0.4, 0.5) is 21.9 Å². The monoisotopic (exact) mass is 718 g/mol. The van der Waals surface area contributed by atoms with Crippen molar-refractivity contribution in [1.82, 2.24) is 14.5 Å². The van der Waals surface area contributed by atoms with Crippen LogP contribution in [-0.2, 0) is 16.6 Å². The zero-order valence-corrected chi connectivity index (χ0v) is 29.7. The minimum atomic E-state index is -4.39. The Morgan fingerprint density at radius 3 is 2.24 bits per heavy atom. The molecule has 1 fully saturated rings. The van der Waals surface area contributed by atoms with Crippen molar-refractivity contribution in [2.75, 3.05) is 62.8 Å². The van der Waals surface area contributed by atoms with E-state index in [1.54, 1.807) is 11.8 Å². The Morgan fingerprint density at radius 2 is 1.60 bits per heavy atom. The number of carbonyl (C=O) groups excluding carboxylic acids is 1. The molecule has 4 aromatic carbocycles. The Hall–Kier alpha value is -4.79. The highest BCUT2D eigenvalue weighted by atomic mass is 32.2. The number of nitrogens with one attached hydrogen (secondary N) is 2. The van der Waals surface area contributed by atoms with Crippen molar-refractivity contribution < 1.29 is 22.9 Å². The summed E-state index contributed by atoms with van der Waals surface area (Å²) in [5.74, 6) is 1.39. The number of nitro benzene ring substituents is 1. The molecule has 0 radical (unpaired) electrons. The van der Waals surface area contributed by atoms with Crippen molar-refractivity contribution >= 4 is 44.9 Å². The molecule has 1 aliphatic heterocycles. The third kappa shape index (κ3) is 10.4. The first kappa shape index (κ1) is 36.5. The van der Waals surface area contributed by atoms with E-state index < -0.39 is 21.0 Å². The first-order valence-electron chi connectivity index (χ1n) is 16.3. The number of thioether (sulfide) groups is 1. The van der Waals surface area contributed by atoms with Gasteiger partial charge < -0.3 is 24.8 Å². The number of carbonyl (C=O) groups is 1. The molecule has 2 N–H and O–H groups in total. The largest absolute Gasteiger partial charge is 0.489 e. The number of rotatable bonds is 15. The molecular weight excluding hydrogens is 677 g/mol. The maximum Gasteiger partial charge on any atom is 0.331 e. The summed E-state index contributed by atoms with van der Waals surface area (Å²) >= 11 is 1.63. The molecule has 264 valence electrons. The maximum atomic E-state index is 13.3. The van der Waals surface area contributed by atoms with Gasteiger partial charge in [0.15, 0.2) is 0 Å². The van der Waals surface area contributed by atoms with Crippen LogP contribution >= 0.6 is 11.8 Å². The SMILES string of the molecule is CN(C)CC[C@H](CSc1ccccc1)Nc1ccc(S(=O)(=O)NC(=O)N2CCN(c3ccc(OCc4ccccc4)cc3)CC2)cc1[N+](=O)[O-]. The summed E-state index contributed by atoms with van der Waals surface area (Å²) in [5.41, 5.74) is 1.87. The van der Waals surface area contributed by atoms with E-state index >= 15 is 0 Å². The second-order valence-electron chi connectivity index (χ2n) is 12.1. The lowest BCUT2D eigenvalue weighted by Crippen LogP contribution is -2.52. The summed E-state index contributed by atoms with van der Waals surface area (Å²) in [6.07, 6.45) is 0.710. The van der Waals surface area contributed by atoms with Crippen molar-refractivity contribution in [1.29, 1.82) is 0 Å². The zero-order chi connectivity index (χ0) is 35.5. The van der Waals surface area contributed by atoms with Crippen LogP contribution < -0.4 is 19.7 Å². The number of amides is 2. The van der Waals surface area contributed by atoms with E-state index in [1.165, 1.54) is 17.0 Å². The topological polar surface area (TPSA) is 137 Å². The van der Waals surface area contributed by atoms with Crippen molar-refractivity contribution in [3.63, 3.8) is 0 Å². The number of ether oxygens (including phenoxy) is 1.